The van der Waals surface area contributed by atoms with Gasteiger partial charge in [0.15, 0.2) is 0 Å². The van der Waals surface area contributed by atoms with E-state index in [9.17, 15) is 9.59 Å². The number of aromatic nitrogens is 6. The molecule has 3 saturated heterocycles. The number of nitrogens with one attached hydrogen (secondary N) is 4. The molecule has 0 radical (unpaired) electrons. The van der Waals surface area contributed by atoms with Crippen LogP contribution >= 0.6 is 0 Å². The summed E-state index contributed by atoms with van der Waals surface area (Å²) in [6.45, 7) is 24.6. The molecule has 12 rings (SSSR count). The number of para-hydroxylation sites is 2. The van der Waals surface area contributed by atoms with Crippen molar-refractivity contribution in [2.24, 2.45) is 0 Å². The van der Waals surface area contributed by atoms with Crippen molar-refractivity contribution >= 4 is 55.8 Å². The molecule has 0 bridgehead atoms. The summed E-state index contributed by atoms with van der Waals surface area (Å²) < 4.78 is 4.94. The van der Waals surface area contributed by atoms with E-state index in [1.807, 2.05) is 30.3 Å². The van der Waals surface area contributed by atoms with E-state index in [-0.39, 0.29) is 18.3 Å². The molecule has 0 saturated carbocycles. The SMILES string of the molecule is C.C1CCOC1.CC(C)(C)c1ccc(-c2nc3c(N4CCN(Cc5ccc(N)c(N)c5)CC4)cccc3[nH]2)cc1.CC(C)(C)c1ccc(-c2nc3c(N4CCN(Cc5ccc6[nH]c(=O)c(=O)[nH]c6c5)CC4)cccc3[nH]2)cc1. The molecule has 6 aromatic carbocycles. The van der Waals surface area contributed by atoms with E-state index in [1.165, 1.54) is 35.2 Å². The van der Waals surface area contributed by atoms with Crippen molar-refractivity contribution in [3.8, 4) is 22.8 Å². The number of H-pyrrole nitrogens is 4. The van der Waals surface area contributed by atoms with Crippen LogP contribution in [0.4, 0.5) is 22.7 Å². The van der Waals surface area contributed by atoms with E-state index in [2.05, 4.69) is 172 Å². The molecule has 0 unspecified atom stereocenters. The maximum Gasteiger partial charge on any atom is 0.314 e. The fourth-order valence-corrected chi connectivity index (χ4v) is 10.4. The molecule has 0 amide bonds. The van der Waals surface area contributed by atoms with Gasteiger partial charge in [0.05, 0.1) is 44.8 Å². The minimum absolute atomic E-state index is 0. The van der Waals surface area contributed by atoms with Gasteiger partial charge in [-0.1, -0.05) is 122 Å². The highest BCUT2D eigenvalue weighted by Gasteiger charge is 2.23. The van der Waals surface area contributed by atoms with E-state index in [0.717, 1.165) is 135 Å². The van der Waals surface area contributed by atoms with Crippen LogP contribution in [0.1, 0.15) is 84.1 Å². The lowest BCUT2D eigenvalue weighted by molar-refractivity contribution is 0.198. The van der Waals surface area contributed by atoms with Crippen molar-refractivity contribution in [3.05, 3.63) is 164 Å². The molecule has 6 heterocycles. The molecular weight excluding hydrogens is 973 g/mol. The Labute approximate surface area is 458 Å². The average molecular weight is 1050 g/mol. The first kappa shape index (κ1) is 55.0. The number of fused-ring (bicyclic) bond motifs is 3. The highest BCUT2D eigenvalue weighted by atomic mass is 16.5. The molecule has 0 atom stereocenters. The third-order valence-electron chi connectivity index (χ3n) is 15.0. The molecule has 0 spiro atoms. The number of ether oxygens (including phenoxy) is 1. The van der Waals surface area contributed by atoms with Crippen molar-refractivity contribution in [2.75, 3.05) is 86.8 Å². The maximum atomic E-state index is 11.7. The first-order chi connectivity index (χ1) is 37.0. The lowest BCUT2D eigenvalue weighted by Gasteiger charge is -2.36. The number of piperazine rings is 2. The van der Waals surface area contributed by atoms with Gasteiger partial charge in [-0.05, 0) is 94.5 Å². The fourth-order valence-electron chi connectivity index (χ4n) is 10.4. The van der Waals surface area contributed by atoms with Crippen LogP contribution < -0.4 is 32.4 Å². The predicted molar refractivity (Wildman–Crippen MR) is 323 cm³/mol. The number of imidazole rings is 2. The first-order valence-electron chi connectivity index (χ1n) is 27.1. The molecule has 0 aliphatic carbocycles. The average Bonchev–Trinajstić information content (AvgIpc) is 4.28. The Morgan fingerprint density at radius 2 is 0.923 bits per heavy atom. The standard InChI is InChI=1S/C30H32N6O2.C28H34N6.C4H8O.CH4/c1-30(2,3)21-10-8-20(9-11-21)27-31-23-5-4-6-25(26(23)34-27)36-15-13-35(14-16-36)18-19-7-12-22-24(17-19)33-29(38)28(37)32-22;1-28(2,3)21-10-8-20(9-11-21)27-31-24-5-4-6-25(26(24)32-27)34-15-13-33(14-16-34)18-19-7-12-22(29)23(30)17-19;1-2-4-5-3-1;/h4-12,17H,13-16,18H2,1-3H3,(H,31,34)(H,32,37)(H,33,38);4-12,17H,13-16,18,29-30H2,1-3H3,(H,31,32);1-4H2;1H4. The summed E-state index contributed by atoms with van der Waals surface area (Å²) >= 11 is 0. The number of anilines is 4. The molecule has 9 aromatic rings. The normalized spacial score (nSPS) is 15.5. The Bertz CT molecular complexity index is 3570. The number of benzene rings is 6. The van der Waals surface area contributed by atoms with Crippen LogP contribution in [-0.2, 0) is 28.7 Å². The van der Waals surface area contributed by atoms with Gasteiger partial charge >= 0.3 is 11.1 Å². The number of nitrogen functional groups attached to an aromatic ring is 2. The molecule has 408 valence electrons. The van der Waals surface area contributed by atoms with Gasteiger partial charge in [0.1, 0.15) is 22.7 Å². The van der Waals surface area contributed by atoms with Gasteiger partial charge in [0.25, 0.3) is 0 Å². The van der Waals surface area contributed by atoms with E-state index in [0.29, 0.717) is 22.4 Å². The summed E-state index contributed by atoms with van der Waals surface area (Å²) in [6, 6.07) is 41.9. The molecule has 8 N–H and O–H groups in total. The summed E-state index contributed by atoms with van der Waals surface area (Å²) in [6.07, 6.45) is 2.56. The molecule has 15 heteroatoms. The van der Waals surface area contributed by atoms with Crippen molar-refractivity contribution in [1.82, 2.24) is 39.7 Å². The van der Waals surface area contributed by atoms with Gasteiger partial charge in [-0.3, -0.25) is 19.4 Å². The zero-order valence-corrected chi connectivity index (χ0v) is 45.5. The second-order valence-electron chi connectivity index (χ2n) is 22.8. The fraction of sp³-hybridized carbons (Fsp3) is 0.365. The molecule has 3 aliphatic heterocycles. The second kappa shape index (κ2) is 23.5. The number of hydrogen-bond donors (Lipinski definition) is 6. The van der Waals surface area contributed by atoms with Crippen LogP contribution in [0.25, 0.3) is 55.9 Å². The van der Waals surface area contributed by atoms with Crippen molar-refractivity contribution in [2.45, 2.75) is 85.7 Å². The van der Waals surface area contributed by atoms with Crippen molar-refractivity contribution < 1.29 is 4.74 Å². The molecule has 3 aliphatic rings. The minimum Gasteiger partial charge on any atom is -0.397 e. The Balaban J connectivity index is 0.000000173. The number of rotatable bonds is 8. The van der Waals surface area contributed by atoms with E-state index in [1.54, 1.807) is 0 Å². The predicted octanol–water partition coefficient (Wildman–Crippen LogP) is 10.8. The molecule has 15 nitrogen and oxygen atoms in total. The Hall–Kier alpha value is -7.72. The van der Waals surface area contributed by atoms with Gasteiger partial charge in [-0.15, -0.1) is 0 Å². The van der Waals surface area contributed by atoms with Crippen molar-refractivity contribution in [3.63, 3.8) is 0 Å². The largest absolute Gasteiger partial charge is 0.397 e. The summed E-state index contributed by atoms with van der Waals surface area (Å²) in [4.78, 5) is 55.4. The number of nitrogens with zero attached hydrogens (tertiary/aromatic N) is 6. The summed E-state index contributed by atoms with van der Waals surface area (Å²) in [5.41, 5.74) is 27.1. The molecule has 3 aromatic heterocycles. The van der Waals surface area contributed by atoms with E-state index in [4.69, 9.17) is 26.2 Å². The van der Waals surface area contributed by atoms with Gasteiger partial charge in [0, 0.05) is 89.8 Å². The van der Waals surface area contributed by atoms with Crippen LogP contribution in [0, 0.1) is 0 Å². The minimum atomic E-state index is -0.626. The Morgan fingerprint density at radius 1 is 0.487 bits per heavy atom. The van der Waals surface area contributed by atoms with Crippen LogP contribution in [-0.4, -0.2) is 105 Å². The first-order valence-corrected chi connectivity index (χ1v) is 27.1. The highest BCUT2D eigenvalue weighted by molar-refractivity contribution is 5.92. The van der Waals surface area contributed by atoms with Gasteiger partial charge in [-0.2, -0.15) is 0 Å². The zero-order chi connectivity index (χ0) is 53.8. The number of aromatic amines is 4. The van der Waals surface area contributed by atoms with E-state index >= 15 is 0 Å². The summed E-state index contributed by atoms with van der Waals surface area (Å²) in [5.74, 6) is 1.81. The lowest BCUT2D eigenvalue weighted by Crippen LogP contribution is -2.46. The third kappa shape index (κ3) is 12.8. The Morgan fingerprint density at radius 3 is 1.35 bits per heavy atom. The summed E-state index contributed by atoms with van der Waals surface area (Å²) in [7, 11) is 0. The third-order valence-corrected chi connectivity index (χ3v) is 15.0. The van der Waals surface area contributed by atoms with E-state index < -0.39 is 11.1 Å². The van der Waals surface area contributed by atoms with Gasteiger partial charge < -0.3 is 45.9 Å². The number of hydrogen-bond acceptors (Lipinski definition) is 11. The smallest absolute Gasteiger partial charge is 0.314 e. The van der Waals surface area contributed by atoms with Crippen LogP contribution in [0.2, 0.25) is 0 Å². The molecule has 3 fully saturated rings. The molecular formula is C63H78N12O3. The highest BCUT2D eigenvalue weighted by Crippen LogP contribution is 2.33. The summed E-state index contributed by atoms with van der Waals surface area (Å²) in [5, 5.41) is 0. The molecule has 78 heavy (non-hydrogen) atoms. The second-order valence-corrected chi connectivity index (χ2v) is 22.8. The monoisotopic (exact) mass is 1050 g/mol. The maximum absolute atomic E-state index is 11.7. The van der Waals surface area contributed by atoms with Crippen molar-refractivity contribution in [1.29, 1.82) is 0 Å². The van der Waals surface area contributed by atoms with Crippen LogP contribution in [0.3, 0.4) is 0 Å². The number of nitrogens with two attached hydrogens (primary N) is 2. The zero-order valence-electron chi connectivity index (χ0n) is 45.5. The topological polar surface area (TPSA) is 197 Å². The van der Waals surface area contributed by atoms with Crippen LogP contribution in [0.5, 0.6) is 0 Å². The lowest BCUT2D eigenvalue weighted by atomic mass is 9.87. The quantitative estimate of drug-likeness (QED) is 0.0626. The Kier molecular flexibility index (Phi) is 16.6. The van der Waals surface area contributed by atoms with Gasteiger partial charge in [-0.25, -0.2) is 9.97 Å². The van der Waals surface area contributed by atoms with Gasteiger partial charge in [0.2, 0.25) is 0 Å². The van der Waals surface area contributed by atoms with Crippen LogP contribution in [0.15, 0.2) is 131 Å².